The fraction of sp³-hybridized carbons (Fsp3) is 0.385. The highest BCUT2D eigenvalue weighted by Crippen LogP contribution is 2.20. The number of nitriles is 1. The molecule has 1 aromatic rings. The molecular weight excluding hydrogens is 222 g/mol. The lowest BCUT2D eigenvalue weighted by molar-refractivity contribution is 0.0943. The summed E-state index contributed by atoms with van der Waals surface area (Å²) in [5, 5.41) is 9.48. The van der Waals surface area contributed by atoms with Gasteiger partial charge >= 0.3 is 0 Å². The summed E-state index contributed by atoms with van der Waals surface area (Å²) in [5.41, 5.74) is 1.43. The Bertz CT molecular complexity index is 434. The van der Waals surface area contributed by atoms with E-state index in [1.54, 1.807) is 18.2 Å². The summed E-state index contributed by atoms with van der Waals surface area (Å²) in [5.74, 6) is -0.675. The van der Waals surface area contributed by atoms with Crippen LogP contribution in [0.15, 0.2) is 18.2 Å². The predicted octanol–water partition coefficient (Wildman–Crippen LogP) is 3.77. The van der Waals surface area contributed by atoms with Crippen LogP contribution in [0.3, 0.4) is 0 Å². The number of carbonyl (C=O) groups excluding carboxylic acids is 1. The Kier molecular flexibility index (Phi) is 4.52. The molecule has 0 aliphatic heterocycles. The van der Waals surface area contributed by atoms with Crippen molar-refractivity contribution in [2.24, 2.45) is 5.92 Å². The molecule has 0 heterocycles. The monoisotopic (exact) mass is 235 g/mol. The highest BCUT2D eigenvalue weighted by atomic mass is 35.5. The molecule has 1 atom stereocenters. The first-order valence-corrected chi connectivity index (χ1v) is 5.68. The number of aryl methyl sites for hydroxylation is 1. The minimum atomic E-state index is -0.554. The molecule has 0 radical (unpaired) electrons. The van der Waals surface area contributed by atoms with Crippen molar-refractivity contribution in [3.8, 4) is 6.07 Å². The minimum absolute atomic E-state index is 0.121. The summed E-state index contributed by atoms with van der Waals surface area (Å²) < 4.78 is 0. The zero-order valence-electron chi connectivity index (χ0n) is 9.46. The predicted molar refractivity (Wildman–Crippen MR) is 64.5 cm³/mol. The van der Waals surface area contributed by atoms with Crippen molar-refractivity contribution in [2.75, 3.05) is 0 Å². The lowest BCUT2D eigenvalue weighted by atomic mass is 9.92. The van der Waals surface area contributed by atoms with Gasteiger partial charge in [-0.2, -0.15) is 5.26 Å². The second-order valence-corrected chi connectivity index (χ2v) is 4.23. The minimum Gasteiger partial charge on any atom is -0.293 e. The molecule has 1 aromatic carbocycles. The lowest BCUT2D eigenvalue weighted by Gasteiger charge is -2.09. The van der Waals surface area contributed by atoms with Crippen molar-refractivity contribution in [1.82, 2.24) is 0 Å². The zero-order chi connectivity index (χ0) is 12.1. The number of hydrogen-bond donors (Lipinski definition) is 0. The largest absolute Gasteiger partial charge is 0.293 e. The third-order valence-corrected chi connectivity index (χ3v) is 2.75. The van der Waals surface area contributed by atoms with E-state index in [9.17, 15) is 4.79 Å². The molecule has 0 aliphatic carbocycles. The van der Waals surface area contributed by atoms with Gasteiger partial charge in [-0.15, -0.1) is 0 Å². The summed E-state index contributed by atoms with van der Waals surface area (Å²) in [6, 6.07) is 7.24. The van der Waals surface area contributed by atoms with Gasteiger partial charge in [-0.25, -0.2) is 0 Å². The van der Waals surface area contributed by atoms with Gasteiger partial charge in [0.2, 0.25) is 0 Å². The number of rotatable bonds is 4. The van der Waals surface area contributed by atoms with E-state index in [4.69, 9.17) is 16.9 Å². The van der Waals surface area contributed by atoms with E-state index < -0.39 is 5.92 Å². The van der Waals surface area contributed by atoms with Crippen LogP contribution in [0.2, 0.25) is 5.02 Å². The molecule has 0 aliphatic rings. The van der Waals surface area contributed by atoms with Gasteiger partial charge in [0.05, 0.1) is 6.07 Å². The van der Waals surface area contributed by atoms with Crippen LogP contribution in [0.5, 0.6) is 0 Å². The smallest absolute Gasteiger partial charge is 0.180 e. The van der Waals surface area contributed by atoms with Gasteiger partial charge in [0.15, 0.2) is 5.78 Å². The number of benzene rings is 1. The molecule has 0 amide bonds. The topological polar surface area (TPSA) is 40.9 Å². The van der Waals surface area contributed by atoms with Crippen LogP contribution in [0, 0.1) is 24.2 Å². The Morgan fingerprint density at radius 1 is 1.56 bits per heavy atom. The van der Waals surface area contributed by atoms with Crippen molar-refractivity contribution in [3.05, 3.63) is 34.3 Å². The molecular formula is C13H14ClNO. The molecule has 0 saturated heterocycles. The first-order valence-electron chi connectivity index (χ1n) is 5.30. The van der Waals surface area contributed by atoms with E-state index in [-0.39, 0.29) is 5.78 Å². The molecule has 84 valence electrons. The van der Waals surface area contributed by atoms with Gasteiger partial charge in [0.1, 0.15) is 5.92 Å². The van der Waals surface area contributed by atoms with Gasteiger partial charge in [0, 0.05) is 10.6 Å². The summed E-state index contributed by atoms with van der Waals surface area (Å²) in [6.07, 6.45) is 1.42. The highest BCUT2D eigenvalue weighted by molar-refractivity contribution is 6.31. The standard InChI is InChI=1S/C13H14ClNO/c1-3-4-10(8-15)13(16)12-7-11(14)6-5-9(12)2/h5-7,10H,3-4H2,1-2H3. The summed E-state index contributed by atoms with van der Waals surface area (Å²) in [6.45, 7) is 3.81. The highest BCUT2D eigenvalue weighted by Gasteiger charge is 2.20. The van der Waals surface area contributed by atoms with E-state index >= 15 is 0 Å². The average molecular weight is 236 g/mol. The molecule has 2 nitrogen and oxygen atoms in total. The van der Waals surface area contributed by atoms with Gasteiger partial charge in [-0.3, -0.25) is 4.79 Å². The third-order valence-electron chi connectivity index (χ3n) is 2.51. The van der Waals surface area contributed by atoms with Crippen molar-refractivity contribution >= 4 is 17.4 Å². The second-order valence-electron chi connectivity index (χ2n) is 3.79. The van der Waals surface area contributed by atoms with Crippen LogP contribution >= 0.6 is 11.6 Å². The number of hydrogen-bond acceptors (Lipinski definition) is 2. The molecule has 1 rings (SSSR count). The maximum absolute atomic E-state index is 12.1. The van der Waals surface area contributed by atoms with E-state index in [1.165, 1.54) is 0 Å². The Balaban J connectivity index is 3.04. The summed E-state index contributed by atoms with van der Waals surface area (Å²) in [4.78, 5) is 12.1. The second kappa shape index (κ2) is 5.67. The van der Waals surface area contributed by atoms with Crippen molar-refractivity contribution in [3.63, 3.8) is 0 Å². The van der Waals surface area contributed by atoms with E-state index in [1.807, 2.05) is 13.8 Å². The number of halogens is 1. The Morgan fingerprint density at radius 2 is 2.25 bits per heavy atom. The summed E-state index contributed by atoms with van der Waals surface area (Å²) in [7, 11) is 0. The quantitative estimate of drug-likeness (QED) is 0.746. The number of Topliss-reactive ketones (excluding diaryl/α,β-unsaturated/α-hetero) is 1. The fourth-order valence-corrected chi connectivity index (χ4v) is 1.76. The van der Waals surface area contributed by atoms with Crippen LogP contribution in [-0.4, -0.2) is 5.78 Å². The van der Waals surface area contributed by atoms with Crippen molar-refractivity contribution in [2.45, 2.75) is 26.7 Å². The molecule has 16 heavy (non-hydrogen) atoms. The molecule has 0 saturated carbocycles. The Hall–Kier alpha value is -1.33. The molecule has 0 bridgehead atoms. The third kappa shape index (κ3) is 2.84. The first kappa shape index (κ1) is 12.7. The average Bonchev–Trinajstić information content (AvgIpc) is 2.28. The lowest BCUT2D eigenvalue weighted by Crippen LogP contribution is -2.14. The van der Waals surface area contributed by atoms with Crippen molar-refractivity contribution < 1.29 is 4.79 Å². The molecule has 1 unspecified atom stereocenters. The van der Waals surface area contributed by atoms with E-state index in [0.29, 0.717) is 17.0 Å². The van der Waals surface area contributed by atoms with Gasteiger partial charge in [0.25, 0.3) is 0 Å². The van der Waals surface area contributed by atoms with E-state index in [0.717, 1.165) is 12.0 Å². The Labute approximate surface area is 101 Å². The van der Waals surface area contributed by atoms with Gasteiger partial charge < -0.3 is 0 Å². The number of ketones is 1. The van der Waals surface area contributed by atoms with Crippen LogP contribution in [0.1, 0.15) is 35.7 Å². The van der Waals surface area contributed by atoms with Crippen LogP contribution in [0.4, 0.5) is 0 Å². The molecule has 0 N–H and O–H groups in total. The normalized spacial score (nSPS) is 11.9. The van der Waals surface area contributed by atoms with Crippen molar-refractivity contribution in [1.29, 1.82) is 5.26 Å². The van der Waals surface area contributed by atoms with E-state index in [2.05, 4.69) is 6.07 Å². The van der Waals surface area contributed by atoms with Gasteiger partial charge in [-0.05, 0) is 31.0 Å². The Morgan fingerprint density at radius 3 is 2.81 bits per heavy atom. The van der Waals surface area contributed by atoms with Crippen LogP contribution in [0.25, 0.3) is 0 Å². The molecule has 0 spiro atoms. The maximum atomic E-state index is 12.1. The number of carbonyl (C=O) groups is 1. The zero-order valence-corrected chi connectivity index (χ0v) is 10.2. The van der Waals surface area contributed by atoms with Crippen LogP contribution in [-0.2, 0) is 0 Å². The maximum Gasteiger partial charge on any atom is 0.180 e. The van der Waals surface area contributed by atoms with Gasteiger partial charge in [-0.1, -0.05) is 31.0 Å². The number of nitrogens with zero attached hydrogens (tertiary/aromatic N) is 1. The first-order chi connectivity index (χ1) is 7.60. The molecule has 0 aromatic heterocycles. The fourth-order valence-electron chi connectivity index (χ4n) is 1.59. The summed E-state index contributed by atoms with van der Waals surface area (Å²) >= 11 is 5.85. The molecule has 0 fully saturated rings. The SMILES string of the molecule is CCCC(C#N)C(=O)c1cc(Cl)ccc1C. The van der Waals surface area contributed by atoms with Crippen LogP contribution < -0.4 is 0 Å². The molecule has 3 heteroatoms.